The van der Waals surface area contributed by atoms with Crippen LogP contribution >= 0.6 is 0 Å². The Morgan fingerprint density at radius 2 is 2.09 bits per heavy atom. The summed E-state index contributed by atoms with van der Waals surface area (Å²) < 4.78 is 11.8. The van der Waals surface area contributed by atoms with E-state index < -0.39 is 0 Å². The van der Waals surface area contributed by atoms with Gasteiger partial charge in [0.05, 0.1) is 25.0 Å². The number of aliphatic imine (C=N–C) groups is 1. The lowest BCUT2D eigenvalue weighted by atomic mass is 9.83. The molecule has 0 bridgehead atoms. The third-order valence-corrected chi connectivity index (χ3v) is 4.97. The van der Waals surface area contributed by atoms with Crippen LogP contribution in [0.2, 0.25) is 0 Å². The van der Waals surface area contributed by atoms with Crippen LogP contribution in [-0.4, -0.2) is 55.9 Å². The maximum atomic E-state index is 11.1. The van der Waals surface area contributed by atoms with Crippen LogP contribution in [0.3, 0.4) is 0 Å². The molecular formula is C24H36N4O4. The number of nitrogens with zero attached hydrogens (tertiary/aromatic N) is 2. The second-order valence-corrected chi connectivity index (χ2v) is 7.95. The number of allylic oxidation sites excluding steroid dienone is 2. The van der Waals surface area contributed by atoms with E-state index in [1.54, 1.807) is 24.3 Å². The molecule has 32 heavy (non-hydrogen) atoms. The van der Waals surface area contributed by atoms with Gasteiger partial charge in [-0.05, 0) is 37.3 Å². The van der Waals surface area contributed by atoms with Crippen molar-refractivity contribution < 1.29 is 19.1 Å². The van der Waals surface area contributed by atoms with Gasteiger partial charge in [0, 0.05) is 26.6 Å². The van der Waals surface area contributed by atoms with E-state index in [0.717, 1.165) is 18.4 Å². The summed E-state index contributed by atoms with van der Waals surface area (Å²) in [6.45, 7) is 8.82. The summed E-state index contributed by atoms with van der Waals surface area (Å²) in [6.07, 6.45) is 5.43. The van der Waals surface area contributed by atoms with Crippen LogP contribution in [0.4, 0.5) is 0 Å². The fourth-order valence-electron chi connectivity index (χ4n) is 3.21. The number of hydroxylamine groups is 2. The largest absolute Gasteiger partial charge is 0.459 e. The van der Waals surface area contributed by atoms with Gasteiger partial charge in [0.15, 0.2) is 0 Å². The number of amidine groups is 1. The summed E-state index contributed by atoms with van der Waals surface area (Å²) in [6, 6.07) is 10.2. The first kappa shape index (κ1) is 25.6. The first-order valence-corrected chi connectivity index (χ1v) is 10.9. The van der Waals surface area contributed by atoms with Crippen molar-refractivity contribution in [2.75, 3.05) is 26.8 Å². The smallest absolute Gasteiger partial charge is 0.317 e. The van der Waals surface area contributed by atoms with Crippen LogP contribution in [0.5, 0.6) is 0 Å². The number of nitrogens with two attached hydrogens (primary N) is 1. The van der Waals surface area contributed by atoms with Gasteiger partial charge in [-0.3, -0.25) is 9.63 Å². The van der Waals surface area contributed by atoms with Crippen molar-refractivity contribution in [3.8, 4) is 0 Å². The van der Waals surface area contributed by atoms with Crippen molar-refractivity contribution in [1.29, 1.82) is 0 Å². The topological polar surface area (TPSA) is 98.4 Å². The summed E-state index contributed by atoms with van der Waals surface area (Å²) in [5.41, 5.74) is 7.46. The van der Waals surface area contributed by atoms with E-state index in [4.69, 9.17) is 20.0 Å². The minimum atomic E-state index is -0.0447. The van der Waals surface area contributed by atoms with Crippen molar-refractivity contribution in [2.24, 2.45) is 16.6 Å². The van der Waals surface area contributed by atoms with E-state index in [1.165, 1.54) is 6.92 Å². The Kier molecular flexibility index (Phi) is 10.9. The molecule has 8 nitrogen and oxygen atoms in total. The van der Waals surface area contributed by atoms with Gasteiger partial charge in [-0.25, -0.2) is 5.06 Å². The fraction of sp³-hybridized carbons (Fsp3) is 0.500. The van der Waals surface area contributed by atoms with Crippen LogP contribution < -0.4 is 11.1 Å². The average molecular weight is 445 g/mol. The molecule has 1 aliphatic rings. The Labute approximate surface area is 191 Å². The van der Waals surface area contributed by atoms with E-state index >= 15 is 0 Å². The Hall–Kier alpha value is -2.68. The lowest BCUT2D eigenvalue weighted by Crippen LogP contribution is -2.41. The number of hydrogen-bond donors (Lipinski definition) is 2. The Bertz CT molecular complexity index is 775. The normalized spacial score (nSPS) is 19.6. The van der Waals surface area contributed by atoms with Gasteiger partial charge in [0.25, 0.3) is 0 Å². The molecule has 0 aliphatic heterocycles. The first-order chi connectivity index (χ1) is 15.4. The maximum Gasteiger partial charge on any atom is 0.317 e. The molecule has 0 aromatic heterocycles. The molecule has 1 aromatic carbocycles. The number of ether oxygens (including phenoxy) is 2. The molecule has 2 rings (SSSR count). The quantitative estimate of drug-likeness (QED) is 0.223. The molecule has 3 N–H and O–H groups in total. The molecular weight excluding hydrogens is 408 g/mol. The van der Waals surface area contributed by atoms with E-state index in [-0.39, 0.29) is 24.6 Å². The number of hydrogen-bond acceptors (Lipinski definition) is 6. The van der Waals surface area contributed by atoms with Crippen molar-refractivity contribution in [3.63, 3.8) is 0 Å². The summed E-state index contributed by atoms with van der Waals surface area (Å²) in [7, 11) is 1.77. The highest BCUT2D eigenvalue weighted by Gasteiger charge is 2.31. The lowest BCUT2D eigenvalue weighted by Gasteiger charge is -2.36. The number of benzene rings is 1. The number of carbonyl (C=O) groups is 1. The Morgan fingerprint density at radius 1 is 1.38 bits per heavy atom. The van der Waals surface area contributed by atoms with Gasteiger partial charge in [-0.2, -0.15) is 4.99 Å². The summed E-state index contributed by atoms with van der Waals surface area (Å²) in [5, 5.41) is 4.37. The van der Waals surface area contributed by atoms with Gasteiger partial charge in [0.1, 0.15) is 6.61 Å². The molecule has 0 saturated heterocycles. The van der Waals surface area contributed by atoms with Crippen molar-refractivity contribution in [1.82, 2.24) is 10.4 Å². The van der Waals surface area contributed by atoms with Crippen LogP contribution in [0, 0.1) is 5.92 Å². The summed E-state index contributed by atoms with van der Waals surface area (Å²) >= 11 is 0. The molecule has 176 valence electrons. The fourth-order valence-corrected chi connectivity index (χ4v) is 3.21. The molecule has 1 amide bonds. The molecule has 0 unspecified atom stereocenters. The standard InChI is InChI=1S/C24H36N4O4/c1-5-9-22(14-25)27-24(31-16-20-10-7-6-8-11-20)28(4)32-17-21-12-23(13-21)30-15-18(2)26-19(3)29/h5-11,18,21,23H,1,12-17,25H2,2-4H3,(H,26,29)/b22-9+,27-24?/t18-,21?,23?/m0/s1. The summed E-state index contributed by atoms with van der Waals surface area (Å²) in [5.74, 6) is 0.350. The molecule has 1 aromatic rings. The van der Waals surface area contributed by atoms with Gasteiger partial charge in [-0.15, -0.1) is 0 Å². The van der Waals surface area contributed by atoms with Gasteiger partial charge >= 0.3 is 6.02 Å². The highest BCUT2D eigenvalue weighted by atomic mass is 16.7. The van der Waals surface area contributed by atoms with E-state index in [0.29, 0.717) is 37.5 Å². The van der Waals surface area contributed by atoms with Crippen LogP contribution in [0.1, 0.15) is 32.3 Å². The van der Waals surface area contributed by atoms with Gasteiger partial charge < -0.3 is 20.5 Å². The van der Waals surface area contributed by atoms with E-state index in [2.05, 4.69) is 16.9 Å². The predicted molar refractivity (Wildman–Crippen MR) is 125 cm³/mol. The van der Waals surface area contributed by atoms with Gasteiger partial charge in [-0.1, -0.05) is 43.0 Å². The molecule has 1 saturated carbocycles. The lowest BCUT2D eigenvalue weighted by molar-refractivity contribution is -0.141. The first-order valence-electron chi connectivity index (χ1n) is 10.9. The number of amides is 1. The van der Waals surface area contributed by atoms with Crippen molar-refractivity contribution >= 4 is 11.9 Å². The molecule has 1 aliphatic carbocycles. The van der Waals surface area contributed by atoms with Crippen LogP contribution in [0.25, 0.3) is 0 Å². The SMILES string of the molecule is C=C/C=C(\CN)N=C(OCc1ccccc1)N(C)OCC1CC(OC[C@H](C)NC(C)=O)C1. The highest BCUT2D eigenvalue weighted by Crippen LogP contribution is 2.30. The molecule has 0 heterocycles. The second kappa shape index (κ2) is 13.7. The number of rotatable bonds is 12. The average Bonchev–Trinajstić information content (AvgIpc) is 2.74. The highest BCUT2D eigenvalue weighted by molar-refractivity contribution is 5.74. The van der Waals surface area contributed by atoms with E-state index in [9.17, 15) is 4.79 Å². The van der Waals surface area contributed by atoms with E-state index in [1.807, 2.05) is 37.3 Å². The molecule has 8 heteroatoms. The zero-order chi connectivity index (χ0) is 23.3. The third-order valence-electron chi connectivity index (χ3n) is 4.97. The molecule has 1 atom stereocenters. The number of nitrogens with one attached hydrogen (secondary N) is 1. The molecule has 1 fully saturated rings. The van der Waals surface area contributed by atoms with Gasteiger partial charge in [0.2, 0.25) is 5.91 Å². The minimum Gasteiger partial charge on any atom is -0.459 e. The zero-order valence-corrected chi connectivity index (χ0v) is 19.3. The van der Waals surface area contributed by atoms with Crippen LogP contribution in [0.15, 0.2) is 59.8 Å². The Morgan fingerprint density at radius 3 is 2.72 bits per heavy atom. The number of carbonyl (C=O) groups excluding carboxylic acids is 1. The van der Waals surface area contributed by atoms with Crippen molar-refractivity contribution in [2.45, 2.75) is 45.4 Å². The van der Waals surface area contributed by atoms with Crippen molar-refractivity contribution in [3.05, 3.63) is 60.3 Å². The second-order valence-electron chi connectivity index (χ2n) is 7.95. The monoisotopic (exact) mass is 444 g/mol. The molecule has 0 spiro atoms. The minimum absolute atomic E-state index is 0.00910. The summed E-state index contributed by atoms with van der Waals surface area (Å²) in [4.78, 5) is 21.5. The predicted octanol–water partition coefficient (Wildman–Crippen LogP) is 2.77. The maximum absolute atomic E-state index is 11.1. The van der Waals surface area contributed by atoms with Crippen LogP contribution in [-0.2, 0) is 25.7 Å². The molecule has 0 radical (unpaired) electrons. The Balaban J connectivity index is 1.82. The zero-order valence-electron chi connectivity index (χ0n) is 19.3. The third kappa shape index (κ3) is 9.21.